The van der Waals surface area contributed by atoms with Crippen molar-refractivity contribution in [3.05, 3.63) is 106 Å². The smallest absolute Gasteiger partial charge is 0.295 e. The van der Waals surface area contributed by atoms with E-state index >= 15 is 0 Å². The van der Waals surface area contributed by atoms with E-state index < -0.39 is 21.7 Å². The Morgan fingerprint density at radius 2 is 1.53 bits per heavy atom. The van der Waals surface area contributed by atoms with E-state index in [1.54, 1.807) is 30.8 Å². The number of halogens is 1. The molecular weight excluding hydrogens is 459 g/mol. The maximum atomic E-state index is 13.0. The van der Waals surface area contributed by atoms with Crippen molar-refractivity contribution in [2.24, 2.45) is 7.05 Å². The van der Waals surface area contributed by atoms with Gasteiger partial charge in [-0.05, 0) is 67.6 Å². The minimum Gasteiger partial charge on any atom is -0.316 e. The van der Waals surface area contributed by atoms with E-state index in [4.69, 9.17) is 0 Å². The van der Waals surface area contributed by atoms with Crippen molar-refractivity contribution in [2.75, 3.05) is 10.0 Å². The van der Waals surface area contributed by atoms with Crippen molar-refractivity contribution in [1.82, 2.24) is 9.36 Å². The Labute approximate surface area is 195 Å². The van der Waals surface area contributed by atoms with E-state index in [2.05, 4.69) is 10.0 Å². The number of nitrogens with one attached hydrogen (secondary N) is 2. The largest absolute Gasteiger partial charge is 0.316 e. The molecule has 0 bridgehead atoms. The van der Waals surface area contributed by atoms with E-state index in [0.717, 1.165) is 12.1 Å². The summed E-state index contributed by atoms with van der Waals surface area (Å²) in [5, 5.41) is 2.64. The molecule has 1 heterocycles. The molecule has 0 unspecified atom stereocenters. The summed E-state index contributed by atoms with van der Waals surface area (Å²) >= 11 is 0. The lowest BCUT2D eigenvalue weighted by Crippen LogP contribution is -2.23. The molecule has 0 aliphatic heterocycles. The topological polar surface area (TPSA) is 102 Å². The van der Waals surface area contributed by atoms with Crippen molar-refractivity contribution in [3.63, 3.8) is 0 Å². The summed E-state index contributed by atoms with van der Waals surface area (Å²) in [6.45, 7) is 1.72. The fourth-order valence-corrected chi connectivity index (χ4v) is 4.47. The molecule has 4 rings (SSSR count). The fourth-order valence-electron chi connectivity index (χ4n) is 3.42. The van der Waals surface area contributed by atoms with Gasteiger partial charge in [0.2, 0.25) is 0 Å². The molecule has 10 heteroatoms. The average Bonchev–Trinajstić information content (AvgIpc) is 3.04. The lowest BCUT2D eigenvalue weighted by molar-refractivity contribution is 0.102. The number of hydrogen-bond donors (Lipinski definition) is 2. The molecule has 2 N–H and O–H groups in total. The van der Waals surface area contributed by atoms with Crippen LogP contribution in [0, 0.1) is 12.7 Å². The Hall–Kier alpha value is -4.18. The zero-order chi connectivity index (χ0) is 24.5. The van der Waals surface area contributed by atoms with Crippen LogP contribution in [0.4, 0.5) is 15.8 Å². The highest BCUT2D eigenvalue weighted by molar-refractivity contribution is 7.92. The molecule has 0 radical (unpaired) electrons. The zero-order valence-corrected chi connectivity index (χ0v) is 19.1. The molecule has 1 aromatic heterocycles. The summed E-state index contributed by atoms with van der Waals surface area (Å²) < 4.78 is 43.6. The van der Waals surface area contributed by atoms with Crippen LogP contribution in [0.5, 0.6) is 0 Å². The molecule has 8 nitrogen and oxygen atoms in total. The molecule has 0 saturated heterocycles. The number of carbonyl (C=O) groups is 1. The second kappa shape index (κ2) is 8.99. The third kappa shape index (κ3) is 4.48. The quantitative estimate of drug-likeness (QED) is 0.440. The maximum absolute atomic E-state index is 13.0. The van der Waals surface area contributed by atoms with Gasteiger partial charge >= 0.3 is 0 Å². The van der Waals surface area contributed by atoms with Gasteiger partial charge in [-0.2, -0.15) is 0 Å². The van der Waals surface area contributed by atoms with Crippen LogP contribution < -0.4 is 15.6 Å². The van der Waals surface area contributed by atoms with E-state index in [1.807, 2.05) is 18.2 Å². The van der Waals surface area contributed by atoms with Gasteiger partial charge in [0.15, 0.2) is 0 Å². The molecule has 34 heavy (non-hydrogen) atoms. The van der Waals surface area contributed by atoms with E-state index in [0.29, 0.717) is 11.4 Å². The summed E-state index contributed by atoms with van der Waals surface area (Å²) in [5.74, 6) is -1.04. The fraction of sp³-hybridized carbons (Fsp3) is 0.0833. The van der Waals surface area contributed by atoms with Gasteiger partial charge in [-0.1, -0.05) is 18.2 Å². The van der Waals surface area contributed by atoms with E-state index in [1.165, 1.54) is 41.1 Å². The van der Waals surface area contributed by atoms with Crippen LogP contribution in [0.1, 0.15) is 16.1 Å². The van der Waals surface area contributed by atoms with Gasteiger partial charge in [0, 0.05) is 18.3 Å². The highest BCUT2D eigenvalue weighted by Gasteiger charge is 2.20. The molecular formula is C24H21FN4O4S. The number of rotatable bonds is 6. The van der Waals surface area contributed by atoms with Crippen molar-refractivity contribution in [2.45, 2.75) is 11.8 Å². The van der Waals surface area contributed by atoms with Gasteiger partial charge < -0.3 is 5.32 Å². The lowest BCUT2D eigenvalue weighted by atomic mass is 10.2. The highest BCUT2D eigenvalue weighted by Crippen LogP contribution is 2.19. The third-order valence-corrected chi connectivity index (χ3v) is 6.71. The molecule has 0 aliphatic rings. The molecule has 0 fully saturated rings. The van der Waals surface area contributed by atoms with E-state index in [-0.39, 0.29) is 27.4 Å². The third-order valence-electron chi connectivity index (χ3n) is 5.32. The Bertz CT molecular complexity index is 1510. The molecule has 0 aliphatic carbocycles. The summed E-state index contributed by atoms with van der Waals surface area (Å²) in [5.41, 5.74) is 1.34. The average molecular weight is 481 g/mol. The summed E-state index contributed by atoms with van der Waals surface area (Å²) in [7, 11) is -2.22. The first-order chi connectivity index (χ1) is 16.2. The van der Waals surface area contributed by atoms with Crippen LogP contribution in [0.3, 0.4) is 0 Å². The number of carbonyl (C=O) groups excluding carboxylic acids is 1. The van der Waals surface area contributed by atoms with Gasteiger partial charge in [0.25, 0.3) is 21.5 Å². The van der Waals surface area contributed by atoms with Gasteiger partial charge in [-0.15, -0.1) is 0 Å². The first-order valence-corrected chi connectivity index (χ1v) is 11.7. The Morgan fingerprint density at radius 3 is 2.15 bits per heavy atom. The number of hydrogen-bond acceptors (Lipinski definition) is 4. The van der Waals surface area contributed by atoms with Gasteiger partial charge in [0.05, 0.1) is 16.3 Å². The molecule has 3 aromatic carbocycles. The molecule has 1 amide bonds. The van der Waals surface area contributed by atoms with Crippen molar-refractivity contribution in [1.29, 1.82) is 0 Å². The van der Waals surface area contributed by atoms with Crippen LogP contribution in [0.15, 0.2) is 88.6 Å². The summed E-state index contributed by atoms with van der Waals surface area (Å²) in [6, 6.07) is 19.2. The molecule has 0 spiro atoms. The standard InChI is InChI=1S/C24H21FN4O4S/c1-16-22(24(31)29(28(16)2)20-6-4-3-5-7-20)26-23(30)17-8-14-21(15-9-17)34(32,33)27-19-12-10-18(25)11-13-19/h3-15,27H,1-2H3,(H,26,30). The predicted molar refractivity (Wildman–Crippen MR) is 127 cm³/mol. The summed E-state index contributed by atoms with van der Waals surface area (Å²) in [6.07, 6.45) is 0. The Balaban J connectivity index is 1.55. The number of para-hydroxylation sites is 1. The molecule has 0 saturated carbocycles. The Morgan fingerprint density at radius 1 is 0.912 bits per heavy atom. The van der Waals surface area contributed by atoms with Crippen molar-refractivity contribution >= 4 is 27.3 Å². The monoisotopic (exact) mass is 480 g/mol. The van der Waals surface area contributed by atoms with Crippen LogP contribution in [-0.2, 0) is 17.1 Å². The first kappa shape index (κ1) is 23.0. The molecule has 174 valence electrons. The van der Waals surface area contributed by atoms with Crippen LogP contribution in [0.2, 0.25) is 0 Å². The van der Waals surface area contributed by atoms with Gasteiger partial charge in [-0.3, -0.25) is 19.0 Å². The number of nitrogens with zero attached hydrogens (tertiary/aromatic N) is 2. The zero-order valence-electron chi connectivity index (χ0n) is 18.3. The van der Waals surface area contributed by atoms with Crippen LogP contribution >= 0.6 is 0 Å². The number of anilines is 2. The van der Waals surface area contributed by atoms with Gasteiger partial charge in [0.1, 0.15) is 11.5 Å². The first-order valence-electron chi connectivity index (χ1n) is 10.2. The molecule has 0 atom stereocenters. The number of sulfonamides is 1. The highest BCUT2D eigenvalue weighted by atomic mass is 32.2. The Kier molecular flexibility index (Phi) is 6.08. The molecule has 4 aromatic rings. The van der Waals surface area contributed by atoms with E-state index in [9.17, 15) is 22.4 Å². The maximum Gasteiger partial charge on any atom is 0.295 e. The van der Waals surface area contributed by atoms with Crippen molar-refractivity contribution in [3.8, 4) is 5.69 Å². The van der Waals surface area contributed by atoms with Crippen LogP contribution in [-0.4, -0.2) is 23.7 Å². The number of amides is 1. The normalized spacial score (nSPS) is 11.3. The second-order valence-electron chi connectivity index (χ2n) is 7.53. The number of aromatic nitrogens is 2. The minimum absolute atomic E-state index is 0.0734. The SMILES string of the molecule is Cc1c(NC(=O)c2ccc(S(=O)(=O)Nc3ccc(F)cc3)cc2)c(=O)n(-c2ccccc2)n1C. The van der Waals surface area contributed by atoms with Crippen molar-refractivity contribution < 1.29 is 17.6 Å². The van der Waals surface area contributed by atoms with Gasteiger partial charge in [-0.25, -0.2) is 17.5 Å². The van der Waals surface area contributed by atoms with Crippen LogP contribution in [0.25, 0.3) is 5.69 Å². The lowest BCUT2D eigenvalue weighted by Gasteiger charge is -2.09. The minimum atomic E-state index is -3.93. The number of benzene rings is 3. The second-order valence-corrected chi connectivity index (χ2v) is 9.21. The summed E-state index contributed by atoms with van der Waals surface area (Å²) in [4.78, 5) is 25.7. The predicted octanol–water partition coefficient (Wildman–Crippen LogP) is 3.68.